The van der Waals surface area contributed by atoms with Crippen molar-refractivity contribution < 1.29 is 23.7 Å². The lowest BCUT2D eigenvalue weighted by Crippen LogP contribution is -2.65. The van der Waals surface area contributed by atoms with Crippen LogP contribution in [0.5, 0.6) is 0 Å². The molecule has 26 heavy (non-hydrogen) atoms. The third kappa shape index (κ3) is 1.90. The number of rotatable bonds is 1. The highest BCUT2D eigenvalue weighted by atomic mass is 16.7. The third-order valence-corrected chi connectivity index (χ3v) is 8.89. The molecule has 0 aromatic heterocycles. The monoisotopic (exact) mass is 364 g/mol. The summed E-state index contributed by atoms with van der Waals surface area (Å²) in [5.41, 5.74) is -0.772. The molecule has 8 atom stereocenters. The van der Waals surface area contributed by atoms with E-state index < -0.39 is 0 Å². The molecule has 3 aliphatic heterocycles. The van der Waals surface area contributed by atoms with Gasteiger partial charge in [-0.3, -0.25) is 4.79 Å². The molecule has 5 heteroatoms. The molecule has 146 valence electrons. The zero-order valence-corrected chi connectivity index (χ0v) is 16.5. The van der Waals surface area contributed by atoms with Crippen molar-refractivity contribution in [2.45, 2.75) is 89.3 Å². The molecule has 0 aromatic carbocycles. The fourth-order valence-electron chi connectivity index (χ4n) is 7.70. The van der Waals surface area contributed by atoms with Crippen LogP contribution in [0.3, 0.4) is 0 Å². The molecule has 0 aromatic rings. The Hall–Kier alpha value is -0.650. The summed E-state index contributed by atoms with van der Waals surface area (Å²) in [5, 5.41) is 0. The van der Waals surface area contributed by atoms with E-state index >= 15 is 0 Å². The Labute approximate surface area is 156 Å². The molecule has 5 nitrogen and oxygen atoms in total. The minimum Gasteiger partial charge on any atom is -0.462 e. The smallest absolute Gasteiger partial charge is 0.312 e. The second-order valence-electron chi connectivity index (χ2n) is 10.1. The van der Waals surface area contributed by atoms with E-state index in [9.17, 15) is 4.79 Å². The molecule has 0 N–H and O–H groups in total. The van der Waals surface area contributed by atoms with Gasteiger partial charge in [0.2, 0.25) is 0 Å². The van der Waals surface area contributed by atoms with Gasteiger partial charge < -0.3 is 18.9 Å². The normalized spacial score (nSPS) is 58.4. The average molecular weight is 364 g/mol. The predicted octanol–water partition coefficient (Wildman–Crippen LogP) is 3.45. The number of carbonyl (C=O) groups excluding carboxylic acids is 1. The number of carbonyl (C=O) groups is 1. The van der Waals surface area contributed by atoms with Gasteiger partial charge in [-0.1, -0.05) is 20.3 Å². The highest BCUT2D eigenvalue weighted by Gasteiger charge is 2.74. The maximum absolute atomic E-state index is 12.8. The molecule has 0 radical (unpaired) electrons. The van der Waals surface area contributed by atoms with Gasteiger partial charge in [-0.15, -0.1) is 0 Å². The van der Waals surface area contributed by atoms with Gasteiger partial charge in [-0.05, 0) is 44.9 Å². The van der Waals surface area contributed by atoms with Crippen molar-refractivity contribution in [3.05, 3.63) is 0 Å². The Balaban J connectivity index is 1.55. The molecule has 5 aliphatic rings. The van der Waals surface area contributed by atoms with Crippen LogP contribution in [0.15, 0.2) is 0 Å². The van der Waals surface area contributed by atoms with Crippen molar-refractivity contribution in [3.8, 4) is 0 Å². The Morgan fingerprint density at radius 3 is 2.69 bits per heavy atom. The second-order valence-corrected chi connectivity index (χ2v) is 10.1. The van der Waals surface area contributed by atoms with E-state index in [0.717, 1.165) is 44.9 Å². The summed E-state index contributed by atoms with van der Waals surface area (Å²) < 4.78 is 24.3. The zero-order chi connectivity index (χ0) is 18.4. The van der Waals surface area contributed by atoms with Crippen molar-refractivity contribution in [1.29, 1.82) is 0 Å². The van der Waals surface area contributed by atoms with Crippen LogP contribution in [0.1, 0.15) is 65.7 Å². The molecular formula is C21H32O5. The van der Waals surface area contributed by atoms with E-state index in [0.29, 0.717) is 12.5 Å². The molecule has 5 fully saturated rings. The Kier molecular flexibility index (Phi) is 3.51. The van der Waals surface area contributed by atoms with Gasteiger partial charge in [-0.2, -0.15) is 0 Å². The third-order valence-electron chi connectivity index (χ3n) is 8.89. The predicted molar refractivity (Wildman–Crippen MR) is 94.4 cm³/mol. The zero-order valence-electron chi connectivity index (χ0n) is 16.5. The van der Waals surface area contributed by atoms with Crippen LogP contribution in [0, 0.1) is 22.7 Å². The molecule has 2 saturated carbocycles. The highest BCUT2D eigenvalue weighted by Crippen LogP contribution is 2.70. The van der Waals surface area contributed by atoms with Crippen LogP contribution in [0.4, 0.5) is 0 Å². The molecule has 3 heterocycles. The quantitative estimate of drug-likeness (QED) is 0.667. The van der Waals surface area contributed by atoms with E-state index in [4.69, 9.17) is 18.9 Å². The van der Waals surface area contributed by atoms with Gasteiger partial charge >= 0.3 is 5.97 Å². The lowest BCUT2D eigenvalue weighted by Gasteiger charge is -2.62. The summed E-state index contributed by atoms with van der Waals surface area (Å²) in [6.45, 7) is 7.47. The average Bonchev–Trinajstić information content (AvgIpc) is 3.25. The summed E-state index contributed by atoms with van der Waals surface area (Å²) in [6, 6.07) is 0. The molecule has 0 unspecified atom stereocenters. The molecule has 2 aliphatic carbocycles. The van der Waals surface area contributed by atoms with Gasteiger partial charge in [-0.25, -0.2) is 0 Å². The van der Waals surface area contributed by atoms with E-state index in [2.05, 4.69) is 20.8 Å². The van der Waals surface area contributed by atoms with Crippen LogP contribution in [-0.4, -0.2) is 43.3 Å². The molecule has 2 spiro atoms. The number of esters is 1. The van der Waals surface area contributed by atoms with Gasteiger partial charge in [0.05, 0.1) is 23.2 Å². The second kappa shape index (κ2) is 5.24. The van der Waals surface area contributed by atoms with Crippen molar-refractivity contribution in [3.63, 3.8) is 0 Å². The van der Waals surface area contributed by atoms with Gasteiger partial charge in [0.15, 0.2) is 6.29 Å². The van der Waals surface area contributed by atoms with Gasteiger partial charge in [0, 0.05) is 24.9 Å². The van der Waals surface area contributed by atoms with E-state index in [1.165, 1.54) is 0 Å². The molecule has 0 amide bonds. The van der Waals surface area contributed by atoms with Crippen LogP contribution in [0.2, 0.25) is 0 Å². The number of hydrogen-bond acceptors (Lipinski definition) is 5. The number of fused-ring (bicyclic) bond motifs is 1. The molecule has 3 saturated heterocycles. The fraction of sp³-hybridized carbons (Fsp3) is 0.952. The SMILES string of the molecule is CO[C@H]1C[C@@]2(CC[C@@]3(O2)[C@H](C)C[C@H]2OC(=O)[C@@]4(C)CCC[C@@]3(C)[C@@H]24)CO1. The van der Waals surface area contributed by atoms with Gasteiger partial charge in [0.25, 0.3) is 0 Å². The molecule has 0 bridgehead atoms. The first-order valence-electron chi connectivity index (χ1n) is 10.3. The van der Waals surface area contributed by atoms with Crippen LogP contribution < -0.4 is 0 Å². The Morgan fingerprint density at radius 1 is 1.15 bits per heavy atom. The standard InChI is InChI=1S/C21H32O5/c1-13-10-14-16-18(2,17(22)25-14)6-5-7-19(16,3)21(13)9-8-20(26-21)11-15(23-4)24-12-20/h13-16H,5-12H2,1-4H3/t13-,14-,15-,16+,18+,19+,20+,21-/m1/s1. The summed E-state index contributed by atoms with van der Waals surface area (Å²) >= 11 is 0. The van der Waals surface area contributed by atoms with Crippen LogP contribution in [0.25, 0.3) is 0 Å². The van der Waals surface area contributed by atoms with Crippen molar-refractivity contribution in [2.24, 2.45) is 22.7 Å². The van der Waals surface area contributed by atoms with E-state index in [1.807, 2.05) is 0 Å². The highest BCUT2D eigenvalue weighted by molar-refractivity contribution is 5.80. The number of hydrogen-bond donors (Lipinski definition) is 0. The first kappa shape index (κ1) is 17.4. The number of ether oxygens (including phenoxy) is 4. The van der Waals surface area contributed by atoms with E-state index in [1.54, 1.807) is 7.11 Å². The molecule has 5 rings (SSSR count). The first-order chi connectivity index (χ1) is 12.3. The van der Waals surface area contributed by atoms with E-state index in [-0.39, 0.29) is 46.3 Å². The Morgan fingerprint density at radius 2 is 1.96 bits per heavy atom. The Bertz CT molecular complexity index is 636. The lowest BCUT2D eigenvalue weighted by atomic mass is 9.44. The summed E-state index contributed by atoms with van der Waals surface area (Å²) in [4.78, 5) is 12.8. The minimum absolute atomic E-state index is 0.0247. The molecular weight excluding hydrogens is 332 g/mol. The van der Waals surface area contributed by atoms with Crippen LogP contribution in [-0.2, 0) is 23.7 Å². The van der Waals surface area contributed by atoms with Crippen molar-refractivity contribution >= 4 is 5.97 Å². The van der Waals surface area contributed by atoms with Gasteiger partial charge in [0.1, 0.15) is 6.10 Å². The van der Waals surface area contributed by atoms with Crippen molar-refractivity contribution in [2.75, 3.05) is 13.7 Å². The maximum Gasteiger partial charge on any atom is 0.312 e. The summed E-state index contributed by atoms with van der Waals surface area (Å²) in [5.74, 6) is 0.671. The minimum atomic E-state index is -0.342. The summed E-state index contributed by atoms with van der Waals surface area (Å²) in [6.07, 6.45) is 6.87. The summed E-state index contributed by atoms with van der Waals surface area (Å²) in [7, 11) is 1.71. The maximum atomic E-state index is 12.8. The largest absolute Gasteiger partial charge is 0.462 e. The van der Waals surface area contributed by atoms with Crippen molar-refractivity contribution in [1.82, 2.24) is 0 Å². The first-order valence-corrected chi connectivity index (χ1v) is 10.3. The fourth-order valence-corrected chi connectivity index (χ4v) is 7.70. The van der Waals surface area contributed by atoms with Crippen LogP contribution >= 0.6 is 0 Å². The number of methoxy groups -OCH3 is 1. The topological polar surface area (TPSA) is 54.0 Å². The lowest BCUT2D eigenvalue weighted by molar-refractivity contribution is -0.251.